The molecule has 0 atom stereocenters. The third-order valence-corrected chi connectivity index (χ3v) is 3.53. The molecule has 0 radical (unpaired) electrons. The molecule has 1 N–H and O–H groups in total. The first-order valence-electron chi connectivity index (χ1n) is 8.16. The van der Waals surface area contributed by atoms with Gasteiger partial charge >= 0.3 is 0 Å². The first-order chi connectivity index (χ1) is 11.6. The van der Waals surface area contributed by atoms with Crippen molar-refractivity contribution >= 4 is 17.6 Å². The second kappa shape index (κ2) is 8.90. The third-order valence-electron chi connectivity index (χ3n) is 3.53. The molecule has 130 valence electrons. The molecule has 2 aromatic rings. The summed E-state index contributed by atoms with van der Waals surface area (Å²) in [6.07, 6.45) is 5.52. The molecule has 0 saturated heterocycles. The number of aromatic nitrogens is 1. The summed E-state index contributed by atoms with van der Waals surface area (Å²) in [6, 6.07) is 4.87. The maximum absolute atomic E-state index is 12.5. The van der Waals surface area contributed by atoms with Crippen LogP contribution in [0.1, 0.15) is 48.9 Å². The van der Waals surface area contributed by atoms with Gasteiger partial charge in [0.2, 0.25) is 5.91 Å². The summed E-state index contributed by atoms with van der Waals surface area (Å²) in [5.74, 6) is 0.569. The molecule has 2 amide bonds. The summed E-state index contributed by atoms with van der Waals surface area (Å²) in [7, 11) is 0. The van der Waals surface area contributed by atoms with Gasteiger partial charge in [-0.3, -0.25) is 9.59 Å². The number of hydrogen-bond acceptors (Lipinski definition) is 5. The largest absolute Gasteiger partial charge is 0.459 e. The number of amides is 2. The predicted molar refractivity (Wildman–Crippen MR) is 88.6 cm³/mol. The maximum Gasteiger partial charge on any atom is 0.290 e. The van der Waals surface area contributed by atoms with Crippen LogP contribution in [0.25, 0.3) is 0 Å². The van der Waals surface area contributed by atoms with Gasteiger partial charge in [0.15, 0.2) is 11.6 Å². The summed E-state index contributed by atoms with van der Waals surface area (Å²) < 4.78 is 10.1. The van der Waals surface area contributed by atoms with Crippen LogP contribution in [0.3, 0.4) is 0 Å². The normalized spacial score (nSPS) is 10.6. The zero-order valence-electron chi connectivity index (χ0n) is 14.1. The zero-order chi connectivity index (χ0) is 17.4. The van der Waals surface area contributed by atoms with E-state index in [2.05, 4.69) is 17.4 Å². The van der Waals surface area contributed by atoms with Gasteiger partial charge in [-0.1, -0.05) is 31.3 Å². The van der Waals surface area contributed by atoms with E-state index < -0.39 is 0 Å². The SMILES string of the molecule is CCCCCCN(CC(=O)Nc1cc(C)on1)C(=O)c1ccco1. The second-order valence-electron chi connectivity index (χ2n) is 5.64. The van der Waals surface area contributed by atoms with Crippen LogP contribution in [0.15, 0.2) is 33.4 Å². The van der Waals surface area contributed by atoms with Crippen molar-refractivity contribution in [3.8, 4) is 0 Å². The van der Waals surface area contributed by atoms with Gasteiger partial charge in [0.25, 0.3) is 5.91 Å². The van der Waals surface area contributed by atoms with E-state index in [1.807, 2.05) is 0 Å². The number of carbonyl (C=O) groups excluding carboxylic acids is 2. The number of anilines is 1. The molecule has 0 aliphatic heterocycles. The van der Waals surface area contributed by atoms with Crippen molar-refractivity contribution in [2.45, 2.75) is 39.5 Å². The van der Waals surface area contributed by atoms with E-state index in [0.717, 1.165) is 25.7 Å². The fraction of sp³-hybridized carbons (Fsp3) is 0.471. The first kappa shape index (κ1) is 17.8. The van der Waals surface area contributed by atoms with E-state index >= 15 is 0 Å². The highest BCUT2D eigenvalue weighted by atomic mass is 16.5. The Morgan fingerprint density at radius 2 is 2.12 bits per heavy atom. The molecule has 7 heteroatoms. The van der Waals surface area contributed by atoms with Crippen LogP contribution in [0.4, 0.5) is 5.82 Å². The maximum atomic E-state index is 12.5. The number of unbranched alkanes of at least 4 members (excludes halogenated alkanes) is 3. The summed E-state index contributed by atoms with van der Waals surface area (Å²) in [5.41, 5.74) is 0. The topological polar surface area (TPSA) is 88.6 Å². The summed E-state index contributed by atoms with van der Waals surface area (Å²) in [6.45, 7) is 4.31. The van der Waals surface area contributed by atoms with Crippen LogP contribution in [0.2, 0.25) is 0 Å². The standard InChI is InChI=1S/C17H23N3O4/c1-3-4-5-6-9-20(17(22)14-8-7-10-23-14)12-16(21)18-15-11-13(2)24-19-15/h7-8,10-11H,3-6,9,12H2,1-2H3,(H,18,19,21). The molecule has 0 bridgehead atoms. The van der Waals surface area contributed by atoms with Gasteiger partial charge in [0, 0.05) is 12.6 Å². The molecule has 7 nitrogen and oxygen atoms in total. The zero-order valence-corrected chi connectivity index (χ0v) is 14.1. The van der Waals surface area contributed by atoms with Crippen LogP contribution in [0.5, 0.6) is 0 Å². The van der Waals surface area contributed by atoms with Crippen molar-refractivity contribution < 1.29 is 18.5 Å². The summed E-state index contributed by atoms with van der Waals surface area (Å²) in [5, 5.41) is 6.34. The Balaban J connectivity index is 1.95. The third kappa shape index (κ3) is 5.26. The molecular formula is C17H23N3O4. The molecule has 0 saturated carbocycles. The Morgan fingerprint density at radius 3 is 2.75 bits per heavy atom. The van der Waals surface area contributed by atoms with Gasteiger partial charge in [-0.05, 0) is 25.5 Å². The van der Waals surface area contributed by atoms with E-state index in [-0.39, 0.29) is 24.1 Å². The minimum absolute atomic E-state index is 0.0580. The minimum atomic E-state index is -0.321. The molecule has 0 aromatic carbocycles. The molecule has 0 fully saturated rings. The highest BCUT2D eigenvalue weighted by molar-refractivity contribution is 5.97. The predicted octanol–water partition coefficient (Wildman–Crippen LogP) is 3.24. The van der Waals surface area contributed by atoms with Gasteiger partial charge in [-0.15, -0.1) is 0 Å². The fourth-order valence-corrected chi connectivity index (χ4v) is 2.32. The molecule has 0 aliphatic rings. The smallest absolute Gasteiger partial charge is 0.290 e. The highest BCUT2D eigenvalue weighted by Crippen LogP contribution is 2.10. The van der Waals surface area contributed by atoms with Crippen molar-refractivity contribution in [3.63, 3.8) is 0 Å². The van der Waals surface area contributed by atoms with Crippen LogP contribution in [0, 0.1) is 6.92 Å². The highest BCUT2D eigenvalue weighted by Gasteiger charge is 2.21. The van der Waals surface area contributed by atoms with Gasteiger partial charge in [-0.2, -0.15) is 0 Å². The average molecular weight is 333 g/mol. The van der Waals surface area contributed by atoms with Crippen molar-refractivity contribution in [2.24, 2.45) is 0 Å². The molecule has 2 aromatic heterocycles. The molecule has 0 aliphatic carbocycles. The van der Waals surface area contributed by atoms with E-state index in [1.54, 1.807) is 25.1 Å². The number of rotatable bonds is 9. The van der Waals surface area contributed by atoms with Crippen molar-refractivity contribution in [1.82, 2.24) is 10.1 Å². The second-order valence-corrected chi connectivity index (χ2v) is 5.64. The fourth-order valence-electron chi connectivity index (χ4n) is 2.32. The molecule has 0 spiro atoms. The molecule has 24 heavy (non-hydrogen) atoms. The van der Waals surface area contributed by atoms with E-state index in [1.165, 1.54) is 11.2 Å². The number of nitrogens with one attached hydrogen (secondary N) is 1. The van der Waals surface area contributed by atoms with Gasteiger partial charge < -0.3 is 19.2 Å². The van der Waals surface area contributed by atoms with Crippen LogP contribution in [-0.4, -0.2) is 35.0 Å². The van der Waals surface area contributed by atoms with E-state index in [4.69, 9.17) is 8.94 Å². The van der Waals surface area contributed by atoms with Crippen molar-refractivity contribution in [2.75, 3.05) is 18.4 Å². The van der Waals surface area contributed by atoms with Crippen molar-refractivity contribution in [3.05, 3.63) is 36.0 Å². The number of aryl methyl sites for hydroxylation is 1. The molecule has 2 rings (SSSR count). The van der Waals surface area contributed by atoms with Gasteiger partial charge in [-0.25, -0.2) is 0 Å². The minimum Gasteiger partial charge on any atom is -0.459 e. The number of hydrogen-bond donors (Lipinski definition) is 1. The number of carbonyl (C=O) groups is 2. The molecule has 0 unspecified atom stereocenters. The Bertz CT molecular complexity index is 649. The Morgan fingerprint density at radius 1 is 1.29 bits per heavy atom. The van der Waals surface area contributed by atoms with Crippen LogP contribution >= 0.6 is 0 Å². The summed E-state index contributed by atoms with van der Waals surface area (Å²) >= 11 is 0. The van der Waals surface area contributed by atoms with Crippen LogP contribution in [-0.2, 0) is 4.79 Å². The number of furan rings is 1. The summed E-state index contributed by atoms with van der Waals surface area (Å²) in [4.78, 5) is 26.2. The van der Waals surface area contributed by atoms with Crippen LogP contribution < -0.4 is 5.32 Å². The Kier molecular flexibility index (Phi) is 6.60. The van der Waals surface area contributed by atoms with E-state index in [0.29, 0.717) is 18.1 Å². The lowest BCUT2D eigenvalue weighted by atomic mass is 10.2. The Hall–Kier alpha value is -2.57. The van der Waals surface area contributed by atoms with Crippen molar-refractivity contribution in [1.29, 1.82) is 0 Å². The molecular weight excluding hydrogens is 310 g/mol. The van der Waals surface area contributed by atoms with Gasteiger partial charge in [0.05, 0.1) is 6.26 Å². The average Bonchev–Trinajstić information content (AvgIpc) is 3.21. The molecule has 2 heterocycles. The first-order valence-corrected chi connectivity index (χ1v) is 8.16. The number of nitrogens with zero attached hydrogens (tertiary/aromatic N) is 2. The monoisotopic (exact) mass is 333 g/mol. The lowest BCUT2D eigenvalue weighted by molar-refractivity contribution is -0.117. The quantitative estimate of drug-likeness (QED) is 0.712. The lowest BCUT2D eigenvalue weighted by Gasteiger charge is -2.20. The Labute approximate surface area is 141 Å². The van der Waals surface area contributed by atoms with Gasteiger partial charge in [0.1, 0.15) is 12.3 Å². The lowest BCUT2D eigenvalue weighted by Crippen LogP contribution is -2.38. The van der Waals surface area contributed by atoms with E-state index in [9.17, 15) is 9.59 Å².